The standard InChI is InChI=1S/C20H17N3O2S.C9H21N/c1-14-3-5-15(6-4-14)17-11-21-20-19(12-22-23(20)13-17)16-7-9-18(10-8-16)26(2,24)25;1-5-9(4)7-10-6-8(2)3/h3-13H,1-2H3;8-10H,5-7H2,1-4H3. The van der Waals surface area contributed by atoms with Gasteiger partial charge in [-0.3, -0.25) is 0 Å². The maximum absolute atomic E-state index is 11.6. The Kier molecular flexibility index (Phi) is 9.40. The number of hydrogen-bond acceptors (Lipinski definition) is 5. The zero-order valence-corrected chi connectivity index (χ0v) is 23.0. The van der Waals surface area contributed by atoms with E-state index in [1.54, 1.807) is 35.0 Å². The third-order valence-electron chi connectivity index (χ3n) is 6.08. The monoisotopic (exact) mass is 506 g/mol. The zero-order valence-electron chi connectivity index (χ0n) is 22.2. The molecule has 0 bridgehead atoms. The maximum Gasteiger partial charge on any atom is 0.175 e. The van der Waals surface area contributed by atoms with Crippen LogP contribution in [0.4, 0.5) is 0 Å². The molecule has 0 aliphatic carbocycles. The van der Waals surface area contributed by atoms with E-state index in [1.165, 1.54) is 24.8 Å². The number of hydrogen-bond donors (Lipinski definition) is 1. The van der Waals surface area contributed by atoms with Gasteiger partial charge in [0, 0.05) is 29.8 Å². The molecule has 0 fully saturated rings. The normalized spacial score (nSPS) is 12.4. The molecule has 4 rings (SSSR count). The average Bonchev–Trinajstić information content (AvgIpc) is 3.27. The van der Waals surface area contributed by atoms with Crippen LogP contribution in [-0.4, -0.2) is 42.4 Å². The summed E-state index contributed by atoms with van der Waals surface area (Å²) in [4.78, 5) is 4.87. The Balaban J connectivity index is 0.000000308. The highest BCUT2D eigenvalue weighted by Gasteiger charge is 2.11. The molecule has 4 aromatic rings. The molecule has 2 heterocycles. The summed E-state index contributed by atoms with van der Waals surface area (Å²) in [6.07, 6.45) is 8.00. The molecule has 1 N–H and O–H groups in total. The minimum atomic E-state index is -3.21. The van der Waals surface area contributed by atoms with Gasteiger partial charge in [-0.1, -0.05) is 76.1 Å². The Labute approximate surface area is 215 Å². The number of sulfone groups is 1. The van der Waals surface area contributed by atoms with Crippen LogP contribution in [0, 0.1) is 18.8 Å². The third kappa shape index (κ3) is 7.48. The third-order valence-corrected chi connectivity index (χ3v) is 7.21. The van der Waals surface area contributed by atoms with E-state index < -0.39 is 9.84 Å². The fraction of sp³-hybridized carbons (Fsp3) is 0.379. The van der Waals surface area contributed by atoms with E-state index in [1.807, 2.05) is 12.4 Å². The molecular formula is C29H38N4O2S. The van der Waals surface area contributed by atoms with E-state index in [0.717, 1.165) is 46.3 Å². The number of fused-ring (bicyclic) bond motifs is 1. The molecule has 0 amide bonds. The molecule has 0 saturated carbocycles. The van der Waals surface area contributed by atoms with Crippen LogP contribution in [0.5, 0.6) is 0 Å². The zero-order chi connectivity index (χ0) is 26.3. The molecule has 1 atom stereocenters. The van der Waals surface area contributed by atoms with Gasteiger partial charge in [-0.05, 0) is 55.1 Å². The largest absolute Gasteiger partial charge is 0.316 e. The molecule has 7 heteroatoms. The predicted octanol–water partition coefficient (Wildman–Crippen LogP) is 6.05. The molecular weight excluding hydrogens is 468 g/mol. The van der Waals surface area contributed by atoms with Crippen molar-refractivity contribution >= 4 is 15.5 Å². The lowest BCUT2D eigenvalue weighted by Gasteiger charge is -2.11. The number of rotatable bonds is 8. The summed E-state index contributed by atoms with van der Waals surface area (Å²) in [5, 5.41) is 7.84. The van der Waals surface area contributed by atoms with Gasteiger partial charge in [0.1, 0.15) is 0 Å². The lowest BCUT2D eigenvalue weighted by Crippen LogP contribution is -2.24. The molecule has 36 heavy (non-hydrogen) atoms. The second-order valence-electron chi connectivity index (χ2n) is 9.90. The van der Waals surface area contributed by atoms with Crippen LogP contribution in [0.2, 0.25) is 0 Å². The first-order valence-electron chi connectivity index (χ1n) is 12.5. The predicted molar refractivity (Wildman–Crippen MR) is 149 cm³/mol. The van der Waals surface area contributed by atoms with Crippen molar-refractivity contribution < 1.29 is 8.42 Å². The summed E-state index contributed by atoms with van der Waals surface area (Å²) in [5.74, 6) is 1.61. The maximum atomic E-state index is 11.6. The van der Waals surface area contributed by atoms with E-state index in [2.05, 4.69) is 74.3 Å². The smallest absolute Gasteiger partial charge is 0.175 e. The summed E-state index contributed by atoms with van der Waals surface area (Å²) in [7, 11) is -3.21. The summed E-state index contributed by atoms with van der Waals surface area (Å²) in [6, 6.07) is 15.0. The van der Waals surface area contributed by atoms with Gasteiger partial charge < -0.3 is 5.32 Å². The lowest BCUT2D eigenvalue weighted by atomic mass is 10.1. The Bertz CT molecular complexity index is 1360. The number of nitrogens with one attached hydrogen (secondary N) is 1. The average molecular weight is 507 g/mol. The van der Waals surface area contributed by atoms with Crippen molar-refractivity contribution in [3.05, 3.63) is 72.7 Å². The van der Waals surface area contributed by atoms with Gasteiger partial charge >= 0.3 is 0 Å². The summed E-state index contributed by atoms with van der Waals surface area (Å²) in [6.45, 7) is 13.4. The second-order valence-corrected chi connectivity index (χ2v) is 11.9. The van der Waals surface area contributed by atoms with Gasteiger partial charge in [0.05, 0.1) is 11.1 Å². The fourth-order valence-corrected chi connectivity index (χ4v) is 4.25. The number of aryl methyl sites for hydroxylation is 1. The van der Waals surface area contributed by atoms with Crippen LogP contribution in [-0.2, 0) is 9.84 Å². The van der Waals surface area contributed by atoms with E-state index in [-0.39, 0.29) is 0 Å². The molecule has 0 saturated heterocycles. The van der Waals surface area contributed by atoms with Crippen molar-refractivity contribution in [3.8, 4) is 22.3 Å². The Morgan fingerprint density at radius 2 is 1.53 bits per heavy atom. The van der Waals surface area contributed by atoms with Gasteiger partial charge in [0.2, 0.25) is 0 Å². The molecule has 2 aromatic heterocycles. The molecule has 0 aliphatic rings. The van der Waals surface area contributed by atoms with Gasteiger partial charge in [-0.2, -0.15) is 5.10 Å². The van der Waals surface area contributed by atoms with E-state index in [4.69, 9.17) is 0 Å². The van der Waals surface area contributed by atoms with Crippen molar-refractivity contribution in [3.63, 3.8) is 0 Å². The molecule has 192 valence electrons. The first-order valence-corrected chi connectivity index (χ1v) is 14.4. The summed E-state index contributed by atoms with van der Waals surface area (Å²) < 4.78 is 25.0. The van der Waals surface area contributed by atoms with Crippen LogP contribution in [0.25, 0.3) is 27.9 Å². The van der Waals surface area contributed by atoms with Gasteiger partial charge in [0.25, 0.3) is 0 Å². The van der Waals surface area contributed by atoms with Gasteiger partial charge in [-0.15, -0.1) is 0 Å². The minimum Gasteiger partial charge on any atom is -0.316 e. The Hall–Kier alpha value is -3.03. The van der Waals surface area contributed by atoms with Gasteiger partial charge in [0.15, 0.2) is 15.5 Å². The fourth-order valence-electron chi connectivity index (χ4n) is 3.62. The van der Waals surface area contributed by atoms with Crippen molar-refractivity contribution in [1.82, 2.24) is 19.9 Å². The minimum absolute atomic E-state index is 0.298. The molecule has 0 spiro atoms. The van der Waals surface area contributed by atoms with Crippen LogP contribution < -0.4 is 5.32 Å². The quantitative estimate of drug-likeness (QED) is 0.315. The summed E-state index contributed by atoms with van der Waals surface area (Å²) >= 11 is 0. The first kappa shape index (κ1) is 27.6. The molecule has 0 aliphatic heterocycles. The SMILES string of the molecule is CCC(C)CNCC(C)C.Cc1ccc(-c2cnc3c(-c4ccc(S(C)(=O)=O)cc4)cnn3c2)cc1. The highest BCUT2D eigenvalue weighted by Crippen LogP contribution is 2.26. The van der Waals surface area contributed by atoms with Crippen LogP contribution in [0.3, 0.4) is 0 Å². The highest BCUT2D eigenvalue weighted by atomic mass is 32.2. The van der Waals surface area contributed by atoms with Crippen molar-refractivity contribution in [2.75, 3.05) is 19.3 Å². The molecule has 2 aromatic carbocycles. The Morgan fingerprint density at radius 1 is 0.889 bits per heavy atom. The lowest BCUT2D eigenvalue weighted by molar-refractivity contribution is 0.466. The number of benzene rings is 2. The van der Waals surface area contributed by atoms with Crippen LogP contribution >= 0.6 is 0 Å². The first-order chi connectivity index (χ1) is 17.1. The van der Waals surface area contributed by atoms with E-state index in [0.29, 0.717) is 4.90 Å². The van der Waals surface area contributed by atoms with Crippen molar-refractivity contribution in [2.24, 2.45) is 11.8 Å². The summed E-state index contributed by atoms with van der Waals surface area (Å²) in [5.41, 5.74) is 5.75. The van der Waals surface area contributed by atoms with Crippen LogP contribution in [0.1, 0.15) is 39.7 Å². The van der Waals surface area contributed by atoms with Crippen LogP contribution in [0.15, 0.2) is 72.0 Å². The number of nitrogens with zero attached hydrogens (tertiary/aromatic N) is 3. The molecule has 6 nitrogen and oxygen atoms in total. The van der Waals surface area contributed by atoms with Crippen molar-refractivity contribution in [1.29, 1.82) is 0 Å². The van der Waals surface area contributed by atoms with E-state index >= 15 is 0 Å². The van der Waals surface area contributed by atoms with Crippen molar-refractivity contribution in [2.45, 2.75) is 45.9 Å². The highest BCUT2D eigenvalue weighted by molar-refractivity contribution is 7.90. The molecule has 0 radical (unpaired) electrons. The topological polar surface area (TPSA) is 76.4 Å². The van der Waals surface area contributed by atoms with E-state index in [9.17, 15) is 8.42 Å². The Morgan fingerprint density at radius 3 is 2.11 bits per heavy atom. The molecule has 1 unspecified atom stereocenters. The second kappa shape index (κ2) is 12.3. The van der Waals surface area contributed by atoms with Gasteiger partial charge in [-0.25, -0.2) is 17.9 Å². The number of aromatic nitrogens is 3.